The van der Waals surface area contributed by atoms with E-state index in [2.05, 4.69) is 35.5 Å². The molecule has 35 heavy (non-hydrogen) atoms. The van der Waals surface area contributed by atoms with E-state index >= 15 is 0 Å². The molecule has 0 aromatic heterocycles. The molecule has 1 saturated heterocycles. The standard InChI is InChI=1S/C27H30N4O4/c1-16-8-7-9-19(10-16)28-24(32)15-31-25(33)21(29-26(31)34)12-18-11-20-17(2)14-27(3,4)30(5)22(20)13-23(18)35-6/h7-14H,15H2,1-6H3,(H,28,32)(H,29,34)/b21-12+. The molecule has 4 amide bonds. The van der Waals surface area contributed by atoms with Crippen molar-refractivity contribution in [3.05, 3.63) is 64.9 Å². The molecule has 0 saturated carbocycles. The number of anilines is 2. The van der Waals surface area contributed by atoms with Gasteiger partial charge in [0.1, 0.15) is 18.0 Å². The summed E-state index contributed by atoms with van der Waals surface area (Å²) in [7, 11) is 3.59. The van der Waals surface area contributed by atoms with Gasteiger partial charge < -0.3 is 20.3 Å². The summed E-state index contributed by atoms with van der Waals surface area (Å²) in [5, 5.41) is 5.30. The van der Waals surface area contributed by atoms with Gasteiger partial charge in [-0.25, -0.2) is 9.69 Å². The molecule has 2 aromatic rings. The summed E-state index contributed by atoms with van der Waals surface area (Å²) in [6.07, 6.45) is 3.78. The van der Waals surface area contributed by atoms with Crippen molar-refractivity contribution < 1.29 is 19.1 Å². The third-order valence-corrected chi connectivity index (χ3v) is 6.43. The second-order valence-corrected chi connectivity index (χ2v) is 9.45. The largest absolute Gasteiger partial charge is 0.496 e. The molecule has 2 aliphatic rings. The SMILES string of the molecule is COc1cc2c(cc1/C=C1/NC(=O)N(CC(=O)Nc3cccc(C)c3)C1=O)C(C)=CC(C)(C)N2C. The Hall–Kier alpha value is -4.07. The van der Waals surface area contributed by atoms with Gasteiger partial charge in [0.2, 0.25) is 5.91 Å². The van der Waals surface area contributed by atoms with Crippen molar-refractivity contribution in [3.63, 3.8) is 0 Å². The Balaban J connectivity index is 1.59. The van der Waals surface area contributed by atoms with Gasteiger partial charge in [0.15, 0.2) is 0 Å². The lowest BCUT2D eigenvalue weighted by Crippen LogP contribution is -2.42. The number of methoxy groups -OCH3 is 1. The summed E-state index contributed by atoms with van der Waals surface area (Å²) in [6, 6.07) is 10.5. The monoisotopic (exact) mass is 474 g/mol. The van der Waals surface area contributed by atoms with E-state index in [0.717, 1.165) is 27.3 Å². The van der Waals surface area contributed by atoms with Gasteiger partial charge in [0.25, 0.3) is 5.91 Å². The zero-order valence-electron chi connectivity index (χ0n) is 20.9. The second kappa shape index (κ2) is 8.94. The summed E-state index contributed by atoms with van der Waals surface area (Å²) in [5.74, 6) is -0.455. The second-order valence-electron chi connectivity index (χ2n) is 9.45. The lowest BCUT2D eigenvalue weighted by molar-refractivity contribution is -0.127. The minimum absolute atomic E-state index is 0.0859. The third kappa shape index (κ3) is 4.64. The summed E-state index contributed by atoms with van der Waals surface area (Å²) in [6.45, 7) is 7.85. The molecule has 0 aliphatic carbocycles. The first kappa shape index (κ1) is 24.1. The molecule has 0 unspecified atom stereocenters. The minimum atomic E-state index is -0.643. The van der Waals surface area contributed by atoms with E-state index in [1.807, 2.05) is 51.2 Å². The average Bonchev–Trinajstić information content (AvgIpc) is 3.04. The molecule has 182 valence electrons. The van der Waals surface area contributed by atoms with Crippen molar-refractivity contribution in [1.29, 1.82) is 0 Å². The molecular weight excluding hydrogens is 444 g/mol. The van der Waals surface area contributed by atoms with Crippen LogP contribution < -0.4 is 20.3 Å². The smallest absolute Gasteiger partial charge is 0.329 e. The first-order valence-electron chi connectivity index (χ1n) is 11.4. The summed E-state index contributed by atoms with van der Waals surface area (Å²) >= 11 is 0. The Morgan fingerprint density at radius 2 is 1.91 bits per heavy atom. The number of aryl methyl sites for hydroxylation is 1. The molecule has 8 heteroatoms. The van der Waals surface area contributed by atoms with Gasteiger partial charge in [0.05, 0.1) is 12.6 Å². The number of carbonyl (C=O) groups excluding carboxylic acids is 3. The van der Waals surface area contributed by atoms with E-state index in [-0.39, 0.29) is 17.8 Å². The number of amides is 4. The molecule has 8 nitrogen and oxygen atoms in total. The Morgan fingerprint density at radius 3 is 2.60 bits per heavy atom. The van der Waals surface area contributed by atoms with Gasteiger partial charge in [-0.15, -0.1) is 0 Å². The summed E-state index contributed by atoms with van der Waals surface area (Å²) in [4.78, 5) is 41.0. The maximum absolute atomic E-state index is 13.0. The molecule has 0 radical (unpaired) electrons. The molecular formula is C27H30N4O4. The van der Waals surface area contributed by atoms with Crippen LogP contribution in [-0.2, 0) is 9.59 Å². The van der Waals surface area contributed by atoms with Crippen LogP contribution in [0.5, 0.6) is 5.75 Å². The Bertz CT molecular complexity index is 1290. The lowest BCUT2D eigenvalue weighted by Gasteiger charge is -2.41. The van der Waals surface area contributed by atoms with Crippen molar-refractivity contribution in [2.75, 3.05) is 30.9 Å². The molecule has 1 fully saturated rings. The van der Waals surface area contributed by atoms with E-state index in [1.165, 1.54) is 0 Å². The number of benzene rings is 2. The Kier molecular flexibility index (Phi) is 6.15. The van der Waals surface area contributed by atoms with Crippen LogP contribution in [0.4, 0.5) is 16.2 Å². The summed E-state index contributed by atoms with van der Waals surface area (Å²) < 4.78 is 5.61. The first-order valence-corrected chi connectivity index (χ1v) is 11.4. The fourth-order valence-electron chi connectivity index (χ4n) is 4.42. The van der Waals surface area contributed by atoms with Crippen LogP contribution in [0, 0.1) is 6.92 Å². The molecule has 0 spiro atoms. The zero-order chi connectivity index (χ0) is 25.5. The van der Waals surface area contributed by atoms with Crippen LogP contribution in [0.2, 0.25) is 0 Å². The van der Waals surface area contributed by atoms with Crippen LogP contribution in [0.1, 0.15) is 37.5 Å². The van der Waals surface area contributed by atoms with Crippen molar-refractivity contribution in [1.82, 2.24) is 10.2 Å². The lowest BCUT2D eigenvalue weighted by atomic mass is 9.88. The van der Waals surface area contributed by atoms with Crippen molar-refractivity contribution in [3.8, 4) is 5.75 Å². The number of ether oxygens (including phenoxy) is 1. The zero-order valence-corrected chi connectivity index (χ0v) is 20.9. The number of nitrogens with one attached hydrogen (secondary N) is 2. The van der Waals surface area contributed by atoms with Gasteiger partial charge in [0, 0.05) is 35.6 Å². The number of rotatable bonds is 5. The van der Waals surface area contributed by atoms with E-state index in [0.29, 0.717) is 17.0 Å². The van der Waals surface area contributed by atoms with Gasteiger partial charge in [-0.2, -0.15) is 0 Å². The number of hydrogen-bond donors (Lipinski definition) is 2. The number of hydrogen-bond acceptors (Lipinski definition) is 5. The Morgan fingerprint density at radius 1 is 1.17 bits per heavy atom. The van der Waals surface area contributed by atoms with Gasteiger partial charge in [-0.3, -0.25) is 9.59 Å². The van der Waals surface area contributed by atoms with Crippen molar-refractivity contribution in [2.45, 2.75) is 33.2 Å². The van der Waals surface area contributed by atoms with Crippen molar-refractivity contribution >= 4 is 40.9 Å². The highest BCUT2D eigenvalue weighted by Crippen LogP contribution is 2.41. The molecule has 0 bridgehead atoms. The molecule has 2 heterocycles. The normalized spacial score (nSPS) is 17.8. The predicted molar refractivity (Wildman–Crippen MR) is 137 cm³/mol. The quantitative estimate of drug-likeness (QED) is 0.502. The van der Waals surface area contributed by atoms with Crippen LogP contribution in [0.3, 0.4) is 0 Å². The van der Waals surface area contributed by atoms with E-state index in [4.69, 9.17) is 4.74 Å². The number of fused-ring (bicyclic) bond motifs is 1. The number of imide groups is 1. The maximum Gasteiger partial charge on any atom is 0.329 e. The minimum Gasteiger partial charge on any atom is -0.496 e. The van der Waals surface area contributed by atoms with Crippen molar-refractivity contribution in [2.24, 2.45) is 0 Å². The van der Waals surface area contributed by atoms with Gasteiger partial charge >= 0.3 is 6.03 Å². The average molecular weight is 475 g/mol. The van der Waals surface area contributed by atoms with Crippen LogP contribution in [0.15, 0.2) is 48.2 Å². The molecule has 2 N–H and O–H groups in total. The highest BCUT2D eigenvalue weighted by atomic mass is 16.5. The topological polar surface area (TPSA) is 91.0 Å². The number of allylic oxidation sites excluding steroid dienone is 1. The first-order chi connectivity index (χ1) is 16.5. The third-order valence-electron chi connectivity index (χ3n) is 6.43. The predicted octanol–water partition coefficient (Wildman–Crippen LogP) is 4.17. The van der Waals surface area contributed by atoms with E-state index in [1.54, 1.807) is 19.3 Å². The van der Waals surface area contributed by atoms with E-state index in [9.17, 15) is 14.4 Å². The highest BCUT2D eigenvalue weighted by molar-refractivity contribution is 6.16. The molecule has 4 rings (SSSR count). The van der Waals surface area contributed by atoms with Crippen LogP contribution in [0.25, 0.3) is 11.6 Å². The maximum atomic E-state index is 13.0. The molecule has 2 aromatic carbocycles. The van der Waals surface area contributed by atoms with Gasteiger partial charge in [-0.1, -0.05) is 18.2 Å². The summed E-state index contributed by atoms with van der Waals surface area (Å²) in [5.41, 5.74) is 5.33. The number of urea groups is 1. The van der Waals surface area contributed by atoms with E-state index < -0.39 is 17.8 Å². The highest BCUT2D eigenvalue weighted by Gasteiger charge is 2.35. The number of carbonyl (C=O) groups is 3. The number of nitrogens with zero attached hydrogens (tertiary/aromatic N) is 2. The fourth-order valence-corrected chi connectivity index (χ4v) is 4.42. The number of likely N-dealkylation sites (N-methyl/N-ethyl adjacent to an activating group) is 1. The molecule has 2 aliphatic heterocycles. The van der Waals surface area contributed by atoms with Crippen LogP contribution >= 0.6 is 0 Å². The molecule has 0 atom stereocenters. The Labute approximate surface area is 205 Å². The fraction of sp³-hybridized carbons (Fsp3) is 0.296. The van der Waals surface area contributed by atoms with Crippen LogP contribution in [-0.4, -0.2) is 49.0 Å². The van der Waals surface area contributed by atoms with Gasteiger partial charge in [-0.05, 0) is 63.1 Å².